The summed E-state index contributed by atoms with van der Waals surface area (Å²) < 4.78 is 7.95. The fraction of sp³-hybridized carbons (Fsp3) is 0.400. The quantitative estimate of drug-likeness (QED) is 0.600. The first-order valence-corrected chi connectivity index (χ1v) is 9.36. The largest absolute Gasteiger partial charge is 0.459 e. The molecule has 3 aromatic rings. The molecule has 0 bridgehead atoms. The van der Waals surface area contributed by atoms with Gasteiger partial charge in [-0.2, -0.15) is 9.61 Å². The zero-order valence-corrected chi connectivity index (χ0v) is 15.4. The Balaban J connectivity index is 1.63. The average molecular weight is 380 g/mol. The smallest absolute Gasteiger partial charge is 0.307 e. The van der Waals surface area contributed by atoms with Gasteiger partial charge in [-0.15, -0.1) is 0 Å². The maximum atomic E-state index is 12.0. The average Bonchev–Trinajstić information content (AvgIpc) is 3.15. The van der Waals surface area contributed by atoms with Crippen molar-refractivity contribution in [3.8, 4) is 0 Å². The van der Waals surface area contributed by atoms with Crippen LogP contribution in [-0.2, 0) is 29.1 Å². The molecular formula is C15H16N4O4S2. The fourth-order valence-corrected chi connectivity index (χ4v) is 3.84. The van der Waals surface area contributed by atoms with Gasteiger partial charge in [0.2, 0.25) is 4.96 Å². The van der Waals surface area contributed by atoms with E-state index >= 15 is 0 Å². The summed E-state index contributed by atoms with van der Waals surface area (Å²) in [5, 5.41) is 6.73. The lowest BCUT2D eigenvalue weighted by Crippen LogP contribution is -2.19. The second kappa shape index (κ2) is 7.28. The molecule has 8 nitrogen and oxygen atoms in total. The second-order valence-electron chi connectivity index (χ2n) is 5.33. The van der Waals surface area contributed by atoms with Crippen LogP contribution in [0.15, 0.2) is 21.0 Å². The van der Waals surface area contributed by atoms with Crippen molar-refractivity contribution in [2.45, 2.75) is 39.8 Å². The van der Waals surface area contributed by atoms with Gasteiger partial charge in [0.25, 0.3) is 5.56 Å². The van der Waals surface area contributed by atoms with Crippen LogP contribution in [-0.4, -0.2) is 25.1 Å². The molecule has 3 rings (SSSR count). The predicted octanol–water partition coefficient (Wildman–Crippen LogP) is 1.38. The first kappa shape index (κ1) is 17.5. The Morgan fingerprint density at radius 1 is 1.36 bits per heavy atom. The van der Waals surface area contributed by atoms with Crippen LogP contribution in [0.25, 0.3) is 4.96 Å². The number of nitrogens with zero attached hydrogens (tertiary/aromatic N) is 4. The number of fused-ring (bicyclic) bond motifs is 1. The maximum absolute atomic E-state index is 12.0. The highest BCUT2D eigenvalue weighted by Gasteiger charge is 2.11. The molecular weight excluding hydrogens is 364 g/mol. The Labute approximate surface area is 150 Å². The number of aromatic nitrogens is 4. The maximum Gasteiger partial charge on any atom is 0.307 e. The van der Waals surface area contributed by atoms with E-state index in [4.69, 9.17) is 4.74 Å². The molecule has 0 aliphatic rings. The van der Waals surface area contributed by atoms with Gasteiger partial charge in [0.1, 0.15) is 11.6 Å². The molecule has 0 spiro atoms. The lowest BCUT2D eigenvalue weighted by Gasteiger charge is -2.06. The lowest BCUT2D eigenvalue weighted by atomic mass is 10.4. The minimum absolute atomic E-state index is 0.0819. The molecule has 25 heavy (non-hydrogen) atoms. The van der Waals surface area contributed by atoms with Gasteiger partial charge in [-0.3, -0.25) is 14.4 Å². The molecule has 0 atom stereocenters. The Morgan fingerprint density at radius 2 is 2.16 bits per heavy atom. The van der Waals surface area contributed by atoms with Crippen molar-refractivity contribution < 1.29 is 9.53 Å². The van der Waals surface area contributed by atoms with Crippen molar-refractivity contribution >= 4 is 33.6 Å². The van der Waals surface area contributed by atoms with Gasteiger partial charge in [-0.1, -0.05) is 29.6 Å². The number of aryl methyl sites for hydroxylation is 2. The molecule has 0 saturated heterocycles. The van der Waals surface area contributed by atoms with Crippen LogP contribution < -0.4 is 10.4 Å². The minimum Gasteiger partial charge on any atom is -0.459 e. The number of hydrogen-bond acceptors (Lipinski definition) is 8. The van der Waals surface area contributed by atoms with E-state index < -0.39 is 5.97 Å². The van der Waals surface area contributed by atoms with Crippen molar-refractivity contribution in [1.82, 2.24) is 19.2 Å². The van der Waals surface area contributed by atoms with Crippen molar-refractivity contribution in [1.29, 1.82) is 0 Å². The Bertz CT molecular complexity index is 1030. The highest BCUT2D eigenvalue weighted by atomic mass is 32.1. The summed E-state index contributed by atoms with van der Waals surface area (Å²) >= 11 is 2.44. The van der Waals surface area contributed by atoms with E-state index in [1.54, 1.807) is 5.38 Å². The Hall–Kier alpha value is -2.33. The van der Waals surface area contributed by atoms with Crippen LogP contribution in [0.4, 0.5) is 0 Å². The summed E-state index contributed by atoms with van der Waals surface area (Å²) in [4.78, 5) is 40.2. The summed E-state index contributed by atoms with van der Waals surface area (Å²) in [5.74, 6) is -0.446. The van der Waals surface area contributed by atoms with Crippen LogP contribution in [0.2, 0.25) is 0 Å². The van der Waals surface area contributed by atoms with Crippen molar-refractivity contribution in [2.24, 2.45) is 0 Å². The van der Waals surface area contributed by atoms with Crippen molar-refractivity contribution in [3.05, 3.63) is 47.9 Å². The molecule has 0 N–H and O–H groups in total. The molecule has 3 aromatic heterocycles. The van der Waals surface area contributed by atoms with E-state index in [1.165, 1.54) is 26.5 Å². The van der Waals surface area contributed by atoms with E-state index in [1.807, 2.05) is 13.8 Å². The number of ether oxygens (including phenoxy) is 1. The number of esters is 1. The minimum atomic E-state index is -0.446. The SMILES string of the molecule is CCc1nn2c(=O)cc(COC(=O)CCn3c(C)csc3=O)nc2s1. The van der Waals surface area contributed by atoms with Gasteiger partial charge in [0.15, 0.2) is 0 Å². The summed E-state index contributed by atoms with van der Waals surface area (Å²) in [7, 11) is 0. The molecule has 0 aromatic carbocycles. The molecule has 10 heteroatoms. The van der Waals surface area contributed by atoms with Gasteiger partial charge < -0.3 is 9.30 Å². The van der Waals surface area contributed by atoms with Crippen LogP contribution in [0, 0.1) is 6.92 Å². The topological polar surface area (TPSA) is 95.6 Å². The number of carbonyl (C=O) groups excluding carboxylic acids is 1. The Kier molecular flexibility index (Phi) is 5.09. The van der Waals surface area contributed by atoms with E-state index in [-0.39, 0.29) is 30.0 Å². The molecule has 0 radical (unpaired) electrons. The second-order valence-corrected chi connectivity index (χ2v) is 7.20. The number of hydrogen-bond donors (Lipinski definition) is 0. The number of rotatable bonds is 6. The van der Waals surface area contributed by atoms with Crippen molar-refractivity contribution in [2.75, 3.05) is 0 Å². The van der Waals surface area contributed by atoms with Crippen molar-refractivity contribution in [3.63, 3.8) is 0 Å². The zero-order chi connectivity index (χ0) is 18.0. The highest BCUT2D eigenvalue weighted by molar-refractivity contribution is 7.16. The third kappa shape index (κ3) is 3.85. The van der Waals surface area contributed by atoms with E-state index in [0.29, 0.717) is 10.7 Å². The molecule has 0 fully saturated rings. The third-order valence-corrected chi connectivity index (χ3v) is 5.47. The predicted molar refractivity (Wildman–Crippen MR) is 94.2 cm³/mol. The number of carbonyl (C=O) groups is 1. The van der Waals surface area contributed by atoms with Crippen LogP contribution >= 0.6 is 22.7 Å². The monoisotopic (exact) mass is 380 g/mol. The molecule has 0 aliphatic carbocycles. The summed E-state index contributed by atoms with van der Waals surface area (Å²) in [6.45, 7) is 3.96. The molecule has 0 saturated carbocycles. The molecule has 0 amide bonds. The van der Waals surface area contributed by atoms with Gasteiger partial charge in [-0.25, -0.2) is 4.98 Å². The number of thiazole rings is 1. The normalized spacial score (nSPS) is 11.1. The van der Waals surface area contributed by atoms with Gasteiger partial charge in [0.05, 0.1) is 12.1 Å². The van der Waals surface area contributed by atoms with Crippen LogP contribution in [0.1, 0.15) is 29.7 Å². The molecule has 0 unspecified atom stereocenters. The van der Waals surface area contributed by atoms with E-state index in [0.717, 1.165) is 28.5 Å². The van der Waals surface area contributed by atoms with Gasteiger partial charge in [-0.05, 0) is 13.3 Å². The molecule has 132 valence electrons. The summed E-state index contributed by atoms with van der Waals surface area (Å²) in [5.41, 5.74) is 0.904. The fourth-order valence-electron chi connectivity index (χ4n) is 2.22. The molecule has 0 aliphatic heterocycles. The molecule has 3 heterocycles. The highest BCUT2D eigenvalue weighted by Crippen LogP contribution is 2.12. The van der Waals surface area contributed by atoms with Gasteiger partial charge in [0, 0.05) is 23.7 Å². The van der Waals surface area contributed by atoms with Gasteiger partial charge >= 0.3 is 10.8 Å². The first-order valence-electron chi connectivity index (χ1n) is 7.67. The first-order chi connectivity index (χ1) is 12.0. The van der Waals surface area contributed by atoms with Crippen LogP contribution in [0.3, 0.4) is 0 Å². The van der Waals surface area contributed by atoms with E-state index in [9.17, 15) is 14.4 Å². The third-order valence-electron chi connectivity index (χ3n) is 3.54. The summed E-state index contributed by atoms with van der Waals surface area (Å²) in [6, 6.07) is 1.31. The lowest BCUT2D eigenvalue weighted by molar-refractivity contribution is -0.145. The summed E-state index contributed by atoms with van der Waals surface area (Å²) in [6.07, 6.45) is 0.804. The standard InChI is InChI=1S/C15H16N4O4S2/c1-3-11-17-19-12(20)6-10(16-14(19)25-11)7-23-13(21)4-5-18-9(2)8-24-15(18)22/h6,8H,3-5,7H2,1-2H3. The Morgan fingerprint density at radius 3 is 2.84 bits per heavy atom. The van der Waals surface area contributed by atoms with E-state index in [2.05, 4.69) is 10.1 Å². The van der Waals surface area contributed by atoms with Crippen LogP contribution in [0.5, 0.6) is 0 Å². The zero-order valence-electron chi connectivity index (χ0n) is 13.7.